The van der Waals surface area contributed by atoms with Crippen LogP contribution in [0.1, 0.15) is 26.3 Å². The minimum absolute atomic E-state index is 0.0420. The van der Waals surface area contributed by atoms with Crippen molar-refractivity contribution in [2.45, 2.75) is 27.7 Å². The monoisotopic (exact) mass is 235 g/mol. The highest BCUT2D eigenvalue weighted by Crippen LogP contribution is 2.21. The number of carboxylic acid groups (broad SMARTS) is 1. The molecule has 0 aliphatic rings. The molecule has 0 bridgehead atoms. The van der Waals surface area contributed by atoms with Crippen LogP contribution in [0.25, 0.3) is 0 Å². The van der Waals surface area contributed by atoms with Crippen LogP contribution in [0.2, 0.25) is 0 Å². The molecular formula is C14H21NO2. The Kier molecular flexibility index (Phi) is 4.16. The number of rotatable bonds is 4. The molecule has 3 nitrogen and oxygen atoms in total. The first-order valence-corrected chi connectivity index (χ1v) is 5.81. The summed E-state index contributed by atoms with van der Waals surface area (Å²) >= 11 is 0. The minimum atomic E-state index is -0.796. The Morgan fingerprint density at radius 3 is 2.18 bits per heavy atom. The van der Waals surface area contributed by atoms with Crippen LogP contribution in [0.15, 0.2) is 24.3 Å². The van der Waals surface area contributed by atoms with Gasteiger partial charge in [0.15, 0.2) is 0 Å². The van der Waals surface area contributed by atoms with Gasteiger partial charge in [0, 0.05) is 12.2 Å². The van der Waals surface area contributed by atoms with E-state index in [-0.39, 0.29) is 12.0 Å². The van der Waals surface area contributed by atoms with Gasteiger partial charge in [-0.25, -0.2) is 0 Å². The smallest absolute Gasteiger partial charge is 0.323 e. The first-order valence-electron chi connectivity index (χ1n) is 5.81. The predicted molar refractivity (Wildman–Crippen MR) is 70.5 cm³/mol. The molecule has 0 atom stereocenters. The number of carbonyl (C=O) groups is 1. The maximum atomic E-state index is 10.9. The van der Waals surface area contributed by atoms with Crippen LogP contribution >= 0.6 is 0 Å². The number of aliphatic carboxylic acids is 1. The van der Waals surface area contributed by atoms with Crippen LogP contribution in [-0.2, 0) is 4.79 Å². The van der Waals surface area contributed by atoms with Crippen LogP contribution in [0.4, 0.5) is 5.69 Å². The molecule has 0 amide bonds. The Balaban J connectivity index is 2.89. The van der Waals surface area contributed by atoms with Gasteiger partial charge in [-0.3, -0.25) is 4.79 Å². The van der Waals surface area contributed by atoms with Gasteiger partial charge in [0.1, 0.15) is 6.54 Å². The first-order chi connectivity index (χ1) is 7.78. The van der Waals surface area contributed by atoms with Crippen molar-refractivity contribution in [2.24, 2.45) is 5.41 Å². The van der Waals surface area contributed by atoms with Gasteiger partial charge in [-0.15, -0.1) is 0 Å². The molecule has 17 heavy (non-hydrogen) atoms. The zero-order chi connectivity index (χ0) is 13.1. The summed E-state index contributed by atoms with van der Waals surface area (Å²) in [5.41, 5.74) is 2.22. The summed E-state index contributed by atoms with van der Waals surface area (Å²) in [5, 5.41) is 8.95. The summed E-state index contributed by atoms with van der Waals surface area (Å²) in [6, 6.07) is 7.97. The topological polar surface area (TPSA) is 40.5 Å². The highest BCUT2D eigenvalue weighted by atomic mass is 16.4. The Hall–Kier alpha value is -1.51. The van der Waals surface area contributed by atoms with Gasteiger partial charge in [0.25, 0.3) is 0 Å². The van der Waals surface area contributed by atoms with Gasteiger partial charge in [0.2, 0.25) is 0 Å². The van der Waals surface area contributed by atoms with Gasteiger partial charge in [-0.1, -0.05) is 38.5 Å². The Morgan fingerprint density at radius 1 is 1.24 bits per heavy atom. The van der Waals surface area contributed by atoms with Crippen molar-refractivity contribution in [3.05, 3.63) is 29.8 Å². The molecule has 0 heterocycles. The molecule has 94 valence electrons. The average Bonchev–Trinajstić information content (AvgIpc) is 2.14. The van der Waals surface area contributed by atoms with Gasteiger partial charge < -0.3 is 10.0 Å². The van der Waals surface area contributed by atoms with E-state index < -0.39 is 5.97 Å². The molecule has 1 rings (SSSR count). The number of hydrogen-bond acceptors (Lipinski definition) is 2. The van der Waals surface area contributed by atoms with Crippen molar-refractivity contribution in [2.75, 3.05) is 18.0 Å². The molecule has 0 unspecified atom stereocenters. The van der Waals surface area contributed by atoms with Gasteiger partial charge in [-0.2, -0.15) is 0 Å². The number of anilines is 1. The van der Waals surface area contributed by atoms with Crippen molar-refractivity contribution in [3.8, 4) is 0 Å². The second-order valence-electron chi connectivity index (χ2n) is 5.65. The third kappa shape index (κ3) is 4.89. The van der Waals surface area contributed by atoms with Gasteiger partial charge in [0.05, 0.1) is 0 Å². The molecule has 0 radical (unpaired) electrons. The summed E-state index contributed by atoms with van der Waals surface area (Å²) in [5.74, 6) is -0.796. The molecule has 1 aromatic carbocycles. The molecule has 1 N–H and O–H groups in total. The zero-order valence-corrected chi connectivity index (χ0v) is 11.0. The zero-order valence-electron chi connectivity index (χ0n) is 11.0. The van der Waals surface area contributed by atoms with Crippen LogP contribution in [0, 0.1) is 12.3 Å². The molecule has 1 aromatic rings. The fraction of sp³-hybridized carbons (Fsp3) is 0.500. The van der Waals surface area contributed by atoms with E-state index >= 15 is 0 Å². The molecule has 0 fully saturated rings. The van der Waals surface area contributed by atoms with E-state index in [1.807, 2.05) is 36.1 Å². The Labute approximate surface area is 103 Å². The SMILES string of the molecule is Cc1ccc(N(CC(=O)O)CC(C)(C)C)cc1. The number of hydrogen-bond donors (Lipinski definition) is 1. The maximum Gasteiger partial charge on any atom is 0.323 e. The lowest BCUT2D eigenvalue weighted by atomic mass is 9.95. The van der Waals surface area contributed by atoms with Crippen molar-refractivity contribution >= 4 is 11.7 Å². The van der Waals surface area contributed by atoms with E-state index in [1.54, 1.807) is 0 Å². The molecular weight excluding hydrogens is 214 g/mol. The largest absolute Gasteiger partial charge is 0.480 e. The third-order valence-electron chi connectivity index (χ3n) is 2.39. The van der Waals surface area contributed by atoms with Crippen molar-refractivity contribution in [1.29, 1.82) is 0 Å². The van der Waals surface area contributed by atoms with Crippen LogP contribution in [-0.4, -0.2) is 24.2 Å². The van der Waals surface area contributed by atoms with Crippen LogP contribution in [0.3, 0.4) is 0 Å². The summed E-state index contributed by atoms with van der Waals surface area (Å²) < 4.78 is 0. The standard InChI is InChI=1S/C14H21NO2/c1-11-5-7-12(8-6-11)15(9-13(16)17)10-14(2,3)4/h5-8H,9-10H2,1-4H3,(H,16,17). The lowest BCUT2D eigenvalue weighted by Crippen LogP contribution is -2.36. The highest BCUT2D eigenvalue weighted by Gasteiger charge is 2.18. The molecule has 0 saturated heterocycles. The first kappa shape index (κ1) is 13.6. The van der Waals surface area contributed by atoms with E-state index in [0.717, 1.165) is 12.2 Å². The fourth-order valence-electron chi connectivity index (χ4n) is 1.73. The molecule has 0 saturated carbocycles. The molecule has 0 aliphatic heterocycles. The lowest BCUT2D eigenvalue weighted by molar-refractivity contribution is -0.135. The lowest BCUT2D eigenvalue weighted by Gasteiger charge is -2.30. The summed E-state index contributed by atoms with van der Waals surface area (Å²) in [7, 11) is 0. The highest BCUT2D eigenvalue weighted by molar-refractivity contribution is 5.73. The number of aryl methyl sites for hydroxylation is 1. The van der Waals surface area contributed by atoms with Gasteiger partial charge >= 0.3 is 5.97 Å². The quantitative estimate of drug-likeness (QED) is 0.872. The van der Waals surface area contributed by atoms with Crippen molar-refractivity contribution in [1.82, 2.24) is 0 Å². The summed E-state index contributed by atoms with van der Waals surface area (Å²) in [6.45, 7) is 9.11. The van der Waals surface area contributed by atoms with E-state index in [0.29, 0.717) is 0 Å². The van der Waals surface area contributed by atoms with Crippen molar-refractivity contribution < 1.29 is 9.90 Å². The van der Waals surface area contributed by atoms with Gasteiger partial charge in [-0.05, 0) is 24.5 Å². The molecule has 3 heteroatoms. The Bertz CT molecular complexity index is 376. The third-order valence-corrected chi connectivity index (χ3v) is 2.39. The number of nitrogens with zero attached hydrogens (tertiary/aromatic N) is 1. The normalized spacial score (nSPS) is 11.3. The maximum absolute atomic E-state index is 10.9. The molecule has 0 spiro atoms. The second kappa shape index (κ2) is 5.21. The molecule has 0 aromatic heterocycles. The molecule has 0 aliphatic carbocycles. The average molecular weight is 235 g/mol. The van der Waals surface area contributed by atoms with Crippen molar-refractivity contribution in [3.63, 3.8) is 0 Å². The van der Waals surface area contributed by atoms with Crippen LogP contribution < -0.4 is 4.90 Å². The van der Waals surface area contributed by atoms with E-state index in [2.05, 4.69) is 20.8 Å². The fourth-order valence-corrected chi connectivity index (χ4v) is 1.73. The van der Waals surface area contributed by atoms with E-state index in [9.17, 15) is 4.79 Å². The minimum Gasteiger partial charge on any atom is -0.480 e. The second-order valence-corrected chi connectivity index (χ2v) is 5.65. The predicted octanol–water partition coefficient (Wildman–Crippen LogP) is 2.93. The van der Waals surface area contributed by atoms with E-state index in [4.69, 9.17) is 5.11 Å². The summed E-state index contributed by atoms with van der Waals surface area (Å²) in [4.78, 5) is 12.8. The number of carboxylic acids is 1. The van der Waals surface area contributed by atoms with Crippen LogP contribution in [0.5, 0.6) is 0 Å². The summed E-state index contributed by atoms with van der Waals surface area (Å²) in [6.07, 6.45) is 0. The number of benzene rings is 1. The van der Waals surface area contributed by atoms with E-state index in [1.165, 1.54) is 5.56 Å². The Morgan fingerprint density at radius 2 is 1.76 bits per heavy atom.